The first-order chi connectivity index (χ1) is 9.71. The highest BCUT2D eigenvalue weighted by Gasteiger charge is 2.42. The fourth-order valence-corrected chi connectivity index (χ4v) is 4.74. The Balaban J connectivity index is 1.66. The topological polar surface area (TPSA) is 24.5 Å². The summed E-state index contributed by atoms with van der Waals surface area (Å²) in [6.07, 6.45) is 10.4. The van der Waals surface area contributed by atoms with Gasteiger partial charge in [0.2, 0.25) is 0 Å². The molecule has 3 heteroatoms. The minimum absolute atomic E-state index is 0.163. The van der Waals surface area contributed by atoms with E-state index in [-0.39, 0.29) is 5.60 Å². The van der Waals surface area contributed by atoms with Crippen molar-refractivity contribution >= 4 is 0 Å². The highest BCUT2D eigenvalue weighted by molar-refractivity contribution is 5.01. The largest absolute Gasteiger partial charge is 0.375 e. The maximum absolute atomic E-state index is 6.16. The quantitative estimate of drug-likeness (QED) is 0.860. The van der Waals surface area contributed by atoms with Crippen molar-refractivity contribution in [2.75, 3.05) is 26.2 Å². The fraction of sp³-hybridized carbons (Fsp3) is 1.00. The van der Waals surface area contributed by atoms with Crippen LogP contribution in [-0.4, -0.2) is 48.3 Å². The number of nitrogens with one attached hydrogen (secondary N) is 1. The van der Waals surface area contributed by atoms with Crippen molar-refractivity contribution in [2.45, 2.75) is 82.4 Å². The van der Waals surface area contributed by atoms with Gasteiger partial charge in [-0.2, -0.15) is 0 Å². The molecule has 2 aliphatic heterocycles. The molecule has 3 aliphatic rings. The lowest BCUT2D eigenvalue weighted by Gasteiger charge is -2.49. The summed E-state index contributed by atoms with van der Waals surface area (Å²) in [6, 6.07) is 0.753. The van der Waals surface area contributed by atoms with Crippen molar-refractivity contribution in [1.29, 1.82) is 0 Å². The Morgan fingerprint density at radius 2 is 1.95 bits per heavy atom. The molecule has 3 nitrogen and oxygen atoms in total. The lowest BCUT2D eigenvalue weighted by molar-refractivity contribution is -0.115. The number of hydrogen-bond acceptors (Lipinski definition) is 3. The monoisotopic (exact) mass is 280 g/mol. The second kappa shape index (κ2) is 5.94. The molecule has 1 saturated carbocycles. The number of hydrogen-bond donors (Lipinski definition) is 1. The second-order valence-electron chi connectivity index (χ2n) is 7.27. The molecule has 2 heterocycles. The van der Waals surface area contributed by atoms with Gasteiger partial charge >= 0.3 is 0 Å². The van der Waals surface area contributed by atoms with Crippen LogP contribution in [0.3, 0.4) is 0 Å². The predicted octanol–water partition coefficient (Wildman–Crippen LogP) is 2.94. The third kappa shape index (κ3) is 2.77. The van der Waals surface area contributed by atoms with E-state index in [1.807, 2.05) is 0 Å². The molecule has 1 atom stereocenters. The van der Waals surface area contributed by atoms with E-state index in [9.17, 15) is 0 Å². The van der Waals surface area contributed by atoms with Gasteiger partial charge in [-0.25, -0.2) is 0 Å². The van der Waals surface area contributed by atoms with Crippen LogP contribution in [0.4, 0.5) is 0 Å². The molecule has 0 aromatic rings. The molecule has 1 aliphatic carbocycles. The highest BCUT2D eigenvalue weighted by atomic mass is 16.5. The Morgan fingerprint density at radius 3 is 2.65 bits per heavy atom. The van der Waals surface area contributed by atoms with Crippen molar-refractivity contribution in [1.82, 2.24) is 10.2 Å². The van der Waals surface area contributed by atoms with Crippen molar-refractivity contribution < 1.29 is 4.74 Å². The molecule has 116 valence electrons. The van der Waals surface area contributed by atoms with E-state index < -0.39 is 0 Å². The standard InChI is InChI=1S/C17H32N2O/c1-3-17(4-2)13-15(7-12-20-17)19-11-10-18-16(14-19)8-5-6-9-16/h15,18H,3-14H2,1-2H3. The maximum Gasteiger partial charge on any atom is 0.0692 e. The molecule has 0 aromatic heterocycles. The van der Waals surface area contributed by atoms with Crippen LogP contribution in [-0.2, 0) is 4.74 Å². The highest BCUT2D eigenvalue weighted by Crippen LogP contribution is 2.37. The molecule has 1 N–H and O–H groups in total. The number of nitrogens with zero attached hydrogens (tertiary/aromatic N) is 1. The van der Waals surface area contributed by atoms with Gasteiger partial charge in [0.05, 0.1) is 5.60 Å². The molecular weight excluding hydrogens is 248 g/mol. The molecule has 3 rings (SSSR count). The van der Waals surface area contributed by atoms with Gasteiger partial charge in [0.15, 0.2) is 0 Å². The van der Waals surface area contributed by atoms with E-state index in [1.165, 1.54) is 58.2 Å². The number of piperazine rings is 1. The van der Waals surface area contributed by atoms with Crippen molar-refractivity contribution in [3.05, 3.63) is 0 Å². The average Bonchev–Trinajstić information content (AvgIpc) is 2.95. The maximum atomic E-state index is 6.16. The third-order valence-electron chi connectivity index (χ3n) is 6.24. The smallest absolute Gasteiger partial charge is 0.0692 e. The Hall–Kier alpha value is -0.120. The van der Waals surface area contributed by atoms with E-state index in [0.29, 0.717) is 5.54 Å². The van der Waals surface area contributed by atoms with E-state index in [4.69, 9.17) is 4.74 Å². The van der Waals surface area contributed by atoms with E-state index >= 15 is 0 Å². The van der Waals surface area contributed by atoms with Crippen LogP contribution in [0.2, 0.25) is 0 Å². The van der Waals surface area contributed by atoms with Crippen molar-refractivity contribution in [3.8, 4) is 0 Å². The zero-order valence-electron chi connectivity index (χ0n) is 13.4. The molecule has 1 spiro atoms. The Morgan fingerprint density at radius 1 is 1.20 bits per heavy atom. The summed E-state index contributed by atoms with van der Waals surface area (Å²) in [4.78, 5) is 2.80. The first kappa shape index (κ1) is 14.8. The van der Waals surface area contributed by atoms with Gasteiger partial charge in [-0.1, -0.05) is 26.7 Å². The van der Waals surface area contributed by atoms with E-state index in [0.717, 1.165) is 25.5 Å². The average molecular weight is 280 g/mol. The summed E-state index contributed by atoms with van der Waals surface area (Å²) >= 11 is 0. The normalized spacial score (nSPS) is 33.6. The summed E-state index contributed by atoms with van der Waals surface area (Å²) in [7, 11) is 0. The number of ether oxygens (including phenoxy) is 1. The van der Waals surface area contributed by atoms with Crippen LogP contribution in [0.1, 0.15) is 65.2 Å². The summed E-state index contributed by atoms with van der Waals surface area (Å²) in [5, 5.41) is 3.84. The molecule has 0 aromatic carbocycles. The van der Waals surface area contributed by atoms with Crippen molar-refractivity contribution in [3.63, 3.8) is 0 Å². The molecule has 0 radical (unpaired) electrons. The Bertz CT molecular complexity index is 305. The predicted molar refractivity (Wildman–Crippen MR) is 83.1 cm³/mol. The van der Waals surface area contributed by atoms with Crippen LogP contribution < -0.4 is 5.32 Å². The second-order valence-corrected chi connectivity index (χ2v) is 7.27. The Labute approximate surface area is 124 Å². The Kier molecular flexibility index (Phi) is 4.40. The van der Waals surface area contributed by atoms with Gasteiger partial charge in [0.25, 0.3) is 0 Å². The fourth-order valence-electron chi connectivity index (χ4n) is 4.74. The van der Waals surface area contributed by atoms with Gasteiger partial charge in [-0.3, -0.25) is 4.90 Å². The van der Waals surface area contributed by atoms with Gasteiger partial charge in [0, 0.05) is 37.8 Å². The van der Waals surface area contributed by atoms with Crippen LogP contribution in [0.5, 0.6) is 0 Å². The molecule has 1 unspecified atom stereocenters. The van der Waals surface area contributed by atoms with Gasteiger partial charge < -0.3 is 10.1 Å². The summed E-state index contributed by atoms with van der Waals surface area (Å²) in [5.41, 5.74) is 0.619. The van der Waals surface area contributed by atoms with Crippen LogP contribution in [0.25, 0.3) is 0 Å². The first-order valence-electron chi connectivity index (χ1n) is 8.84. The number of rotatable bonds is 3. The van der Waals surface area contributed by atoms with Crippen LogP contribution in [0.15, 0.2) is 0 Å². The van der Waals surface area contributed by atoms with Crippen LogP contribution in [0, 0.1) is 0 Å². The molecule has 3 fully saturated rings. The molecule has 0 bridgehead atoms. The SMILES string of the molecule is CCC1(CC)CC(N2CCNC3(CCCC3)C2)CCO1. The molecule has 2 saturated heterocycles. The minimum Gasteiger partial charge on any atom is -0.375 e. The van der Waals surface area contributed by atoms with Gasteiger partial charge in [0.1, 0.15) is 0 Å². The lowest BCUT2D eigenvalue weighted by atomic mass is 9.84. The lowest BCUT2D eigenvalue weighted by Crippen LogP contribution is -2.62. The van der Waals surface area contributed by atoms with Gasteiger partial charge in [-0.15, -0.1) is 0 Å². The zero-order valence-corrected chi connectivity index (χ0v) is 13.4. The van der Waals surface area contributed by atoms with E-state index in [2.05, 4.69) is 24.1 Å². The molecular formula is C17H32N2O. The van der Waals surface area contributed by atoms with Crippen molar-refractivity contribution in [2.24, 2.45) is 0 Å². The molecule has 20 heavy (non-hydrogen) atoms. The summed E-state index contributed by atoms with van der Waals surface area (Å²) in [5.74, 6) is 0. The summed E-state index contributed by atoms with van der Waals surface area (Å²) < 4.78 is 6.16. The first-order valence-corrected chi connectivity index (χ1v) is 8.84. The third-order valence-corrected chi connectivity index (χ3v) is 6.24. The minimum atomic E-state index is 0.163. The van der Waals surface area contributed by atoms with Gasteiger partial charge in [-0.05, 0) is 38.5 Å². The summed E-state index contributed by atoms with van der Waals surface area (Å²) in [6.45, 7) is 9.24. The van der Waals surface area contributed by atoms with Crippen LogP contribution >= 0.6 is 0 Å². The zero-order chi connectivity index (χ0) is 14.1. The van der Waals surface area contributed by atoms with E-state index in [1.54, 1.807) is 0 Å². The molecule has 0 amide bonds.